The zero-order valence-electron chi connectivity index (χ0n) is 14.4. The van der Waals surface area contributed by atoms with Crippen LogP contribution < -0.4 is 5.56 Å². The van der Waals surface area contributed by atoms with Gasteiger partial charge < -0.3 is 4.90 Å². The van der Waals surface area contributed by atoms with E-state index in [0.717, 1.165) is 10.0 Å². The largest absolute Gasteiger partial charge is 0.336 e. The number of halogens is 1. The van der Waals surface area contributed by atoms with Gasteiger partial charge in [0.05, 0.1) is 5.69 Å². The second kappa shape index (κ2) is 7.75. The summed E-state index contributed by atoms with van der Waals surface area (Å²) in [5.74, 6) is -0.110. The number of amides is 1. The van der Waals surface area contributed by atoms with Crippen molar-refractivity contribution < 1.29 is 4.79 Å². The third-order valence-corrected chi connectivity index (χ3v) is 4.17. The quantitative estimate of drug-likeness (QED) is 0.785. The molecule has 1 heterocycles. The molecule has 0 aliphatic rings. The lowest BCUT2D eigenvalue weighted by molar-refractivity contribution is -0.135. The number of benzene rings is 1. The molecule has 0 aliphatic heterocycles. The van der Waals surface area contributed by atoms with Crippen molar-refractivity contribution in [1.82, 2.24) is 14.7 Å². The lowest BCUT2D eigenvalue weighted by Gasteiger charge is -2.30. The highest BCUT2D eigenvalue weighted by molar-refractivity contribution is 9.10. The van der Waals surface area contributed by atoms with E-state index in [0.29, 0.717) is 5.69 Å². The minimum absolute atomic E-state index is 0.0585. The van der Waals surface area contributed by atoms with E-state index in [-0.39, 0.29) is 30.1 Å². The third kappa shape index (κ3) is 4.32. The van der Waals surface area contributed by atoms with Gasteiger partial charge in [0, 0.05) is 28.2 Å². The van der Waals surface area contributed by atoms with Gasteiger partial charge in [-0.1, -0.05) is 28.1 Å². The SMILES string of the molecule is CC(C)N(C(=O)Cn1nc(-c2cccc(Br)c2)ccc1=O)C(C)C. The van der Waals surface area contributed by atoms with Gasteiger partial charge in [0.25, 0.3) is 5.56 Å². The Hall–Kier alpha value is -1.95. The van der Waals surface area contributed by atoms with Gasteiger partial charge in [-0.3, -0.25) is 9.59 Å². The summed E-state index contributed by atoms with van der Waals surface area (Å²) in [6, 6.07) is 10.9. The monoisotopic (exact) mass is 391 g/mol. The van der Waals surface area contributed by atoms with Crippen LogP contribution >= 0.6 is 15.9 Å². The molecule has 0 spiro atoms. The topological polar surface area (TPSA) is 55.2 Å². The number of hydrogen-bond acceptors (Lipinski definition) is 3. The lowest BCUT2D eigenvalue weighted by atomic mass is 10.1. The van der Waals surface area contributed by atoms with Crippen LogP contribution in [0.3, 0.4) is 0 Å². The molecule has 0 saturated carbocycles. The molecule has 0 saturated heterocycles. The number of aromatic nitrogens is 2. The van der Waals surface area contributed by atoms with E-state index < -0.39 is 0 Å². The van der Waals surface area contributed by atoms with Crippen molar-refractivity contribution >= 4 is 21.8 Å². The molecule has 6 heteroatoms. The fraction of sp³-hybridized carbons (Fsp3) is 0.389. The van der Waals surface area contributed by atoms with E-state index in [9.17, 15) is 9.59 Å². The van der Waals surface area contributed by atoms with Crippen molar-refractivity contribution in [2.24, 2.45) is 0 Å². The van der Waals surface area contributed by atoms with E-state index in [1.807, 2.05) is 52.0 Å². The van der Waals surface area contributed by atoms with Gasteiger partial charge in [0.15, 0.2) is 0 Å². The summed E-state index contributed by atoms with van der Waals surface area (Å²) in [5, 5.41) is 4.36. The van der Waals surface area contributed by atoms with E-state index in [1.165, 1.54) is 10.7 Å². The zero-order chi connectivity index (χ0) is 17.9. The van der Waals surface area contributed by atoms with Crippen molar-refractivity contribution in [2.45, 2.75) is 46.3 Å². The average Bonchev–Trinajstić information content (AvgIpc) is 2.48. The van der Waals surface area contributed by atoms with Crippen LogP contribution in [0.5, 0.6) is 0 Å². The first-order valence-electron chi connectivity index (χ1n) is 7.95. The molecule has 1 aromatic heterocycles. The summed E-state index contributed by atoms with van der Waals surface area (Å²) in [4.78, 5) is 26.4. The summed E-state index contributed by atoms with van der Waals surface area (Å²) in [6.45, 7) is 7.80. The van der Waals surface area contributed by atoms with Crippen LogP contribution in [0.1, 0.15) is 27.7 Å². The van der Waals surface area contributed by atoms with Crippen LogP contribution in [0.2, 0.25) is 0 Å². The Morgan fingerprint density at radius 2 is 1.83 bits per heavy atom. The lowest BCUT2D eigenvalue weighted by Crippen LogP contribution is -2.45. The first-order valence-corrected chi connectivity index (χ1v) is 8.74. The Morgan fingerprint density at radius 3 is 2.42 bits per heavy atom. The molecule has 0 aliphatic carbocycles. The fourth-order valence-corrected chi connectivity index (χ4v) is 3.15. The maximum atomic E-state index is 12.6. The highest BCUT2D eigenvalue weighted by Gasteiger charge is 2.21. The molecule has 1 amide bonds. The molecule has 0 unspecified atom stereocenters. The standard InChI is InChI=1S/C18H22BrN3O2/c1-12(2)22(13(3)4)18(24)11-21-17(23)9-8-16(20-21)14-6-5-7-15(19)10-14/h5-10,12-13H,11H2,1-4H3. The molecule has 0 atom stereocenters. The highest BCUT2D eigenvalue weighted by atomic mass is 79.9. The van der Waals surface area contributed by atoms with Crippen molar-refractivity contribution in [2.75, 3.05) is 0 Å². The second-order valence-corrected chi connectivity index (χ2v) is 7.13. The highest BCUT2D eigenvalue weighted by Crippen LogP contribution is 2.20. The van der Waals surface area contributed by atoms with Gasteiger partial charge in [0.2, 0.25) is 5.91 Å². The number of nitrogens with zero attached hydrogens (tertiary/aromatic N) is 3. The predicted molar refractivity (Wildman–Crippen MR) is 98.8 cm³/mol. The van der Waals surface area contributed by atoms with Gasteiger partial charge in [-0.15, -0.1) is 0 Å². The van der Waals surface area contributed by atoms with Crippen LogP contribution in [0, 0.1) is 0 Å². The van der Waals surface area contributed by atoms with E-state index >= 15 is 0 Å². The van der Waals surface area contributed by atoms with Crippen molar-refractivity contribution in [3.63, 3.8) is 0 Å². The molecule has 2 rings (SSSR count). The Morgan fingerprint density at radius 1 is 1.17 bits per heavy atom. The summed E-state index contributed by atoms with van der Waals surface area (Å²) in [5.41, 5.74) is 1.26. The zero-order valence-corrected chi connectivity index (χ0v) is 15.9. The molecule has 2 aromatic rings. The third-order valence-electron chi connectivity index (χ3n) is 3.67. The maximum absolute atomic E-state index is 12.6. The molecule has 0 bridgehead atoms. The summed E-state index contributed by atoms with van der Waals surface area (Å²) in [6.07, 6.45) is 0. The molecular formula is C18H22BrN3O2. The van der Waals surface area contributed by atoms with Gasteiger partial charge in [0.1, 0.15) is 6.54 Å². The summed E-state index contributed by atoms with van der Waals surface area (Å²) >= 11 is 3.43. The Bertz CT molecular complexity index is 776. The Labute approximate surface area is 150 Å². The number of carbonyl (C=O) groups excluding carboxylic acids is 1. The van der Waals surface area contributed by atoms with Gasteiger partial charge in [-0.25, -0.2) is 4.68 Å². The molecule has 128 valence electrons. The van der Waals surface area contributed by atoms with Crippen LogP contribution in [0.4, 0.5) is 0 Å². The molecule has 0 N–H and O–H groups in total. The molecule has 24 heavy (non-hydrogen) atoms. The minimum atomic E-state index is -0.283. The van der Waals surface area contributed by atoms with Crippen molar-refractivity contribution in [3.05, 3.63) is 51.2 Å². The molecule has 0 fully saturated rings. The fourth-order valence-electron chi connectivity index (χ4n) is 2.75. The smallest absolute Gasteiger partial charge is 0.267 e. The van der Waals surface area contributed by atoms with Crippen LogP contribution in [0.15, 0.2) is 45.7 Å². The van der Waals surface area contributed by atoms with E-state index in [4.69, 9.17) is 0 Å². The average molecular weight is 392 g/mol. The van der Waals surface area contributed by atoms with Crippen LogP contribution in [-0.2, 0) is 11.3 Å². The number of carbonyl (C=O) groups is 1. The summed E-state index contributed by atoms with van der Waals surface area (Å²) < 4.78 is 2.16. The minimum Gasteiger partial charge on any atom is -0.336 e. The Balaban J connectivity index is 2.32. The normalized spacial score (nSPS) is 11.1. The molecule has 1 aromatic carbocycles. The second-order valence-electron chi connectivity index (χ2n) is 6.21. The van der Waals surface area contributed by atoms with Crippen molar-refractivity contribution in [3.8, 4) is 11.3 Å². The van der Waals surface area contributed by atoms with Crippen LogP contribution in [0.25, 0.3) is 11.3 Å². The van der Waals surface area contributed by atoms with Gasteiger partial charge >= 0.3 is 0 Å². The maximum Gasteiger partial charge on any atom is 0.267 e. The number of hydrogen-bond donors (Lipinski definition) is 0. The molecule has 0 radical (unpaired) electrons. The van der Waals surface area contributed by atoms with Crippen LogP contribution in [-0.4, -0.2) is 32.7 Å². The molecule has 5 nitrogen and oxygen atoms in total. The molecular weight excluding hydrogens is 370 g/mol. The van der Waals surface area contributed by atoms with E-state index in [2.05, 4.69) is 21.0 Å². The Kier molecular flexibility index (Phi) is 5.94. The van der Waals surface area contributed by atoms with Crippen molar-refractivity contribution in [1.29, 1.82) is 0 Å². The first kappa shape index (κ1) is 18.4. The summed E-state index contributed by atoms with van der Waals surface area (Å²) in [7, 11) is 0. The van der Waals surface area contributed by atoms with Gasteiger partial charge in [-0.2, -0.15) is 5.10 Å². The first-order chi connectivity index (χ1) is 11.3. The predicted octanol–water partition coefficient (Wildman–Crippen LogP) is 3.32. The van der Waals surface area contributed by atoms with E-state index in [1.54, 1.807) is 11.0 Å². The van der Waals surface area contributed by atoms with Gasteiger partial charge in [-0.05, 0) is 45.9 Å². The number of rotatable bonds is 5.